The van der Waals surface area contributed by atoms with Gasteiger partial charge in [-0.1, -0.05) is 12.1 Å². The van der Waals surface area contributed by atoms with Gasteiger partial charge in [-0.25, -0.2) is 4.98 Å². The second-order valence-electron chi connectivity index (χ2n) is 5.68. The SMILES string of the molecule is Cc1cccc2c1CCN2C(=O)c1nc(-c2ccco2)sc1C. The molecule has 0 atom stereocenters. The number of furan rings is 1. The topological polar surface area (TPSA) is 46.3 Å². The highest BCUT2D eigenvalue weighted by atomic mass is 32.1. The summed E-state index contributed by atoms with van der Waals surface area (Å²) in [6, 6.07) is 9.80. The number of benzene rings is 1. The van der Waals surface area contributed by atoms with Crippen LogP contribution in [0.1, 0.15) is 26.5 Å². The summed E-state index contributed by atoms with van der Waals surface area (Å²) in [6.45, 7) is 4.74. The lowest BCUT2D eigenvalue weighted by Gasteiger charge is -2.16. The molecule has 0 aliphatic carbocycles. The van der Waals surface area contributed by atoms with Crippen molar-refractivity contribution in [1.29, 1.82) is 0 Å². The highest BCUT2D eigenvalue weighted by Gasteiger charge is 2.29. The number of carbonyl (C=O) groups is 1. The molecular formula is C18H16N2O2S. The summed E-state index contributed by atoms with van der Waals surface area (Å²) in [6.07, 6.45) is 2.52. The lowest BCUT2D eigenvalue weighted by molar-refractivity contribution is 0.0985. The van der Waals surface area contributed by atoms with Gasteiger partial charge < -0.3 is 9.32 Å². The summed E-state index contributed by atoms with van der Waals surface area (Å²) < 4.78 is 5.39. The van der Waals surface area contributed by atoms with Crippen LogP contribution < -0.4 is 4.90 Å². The molecule has 1 aliphatic heterocycles. The molecule has 2 aromatic heterocycles. The first-order valence-electron chi connectivity index (χ1n) is 7.57. The fraction of sp³-hybridized carbons (Fsp3) is 0.222. The number of carbonyl (C=O) groups excluding carboxylic acids is 1. The van der Waals surface area contributed by atoms with Crippen molar-refractivity contribution in [3.63, 3.8) is 0 Å². The molecule has 4 rings (SSSR count). The molecule has 0 N–H and O–H groups in total. The number of amides is 1. The maximum absolute atomic E-state index is 13.0. The monoisotopic (exact) mass is 324 g/mol. The number of anilines is 1. The third-order valence-corrected chi connectivity index (χ3v) is 5.22. The normalized spacial score (nSPS) is 13.4. The van der Waals surface area contributed by atoms with Crippen LogP contribution in [0.4, 0.5) is 5.69 Å². The second kappa shape index (κ2) is 5.35. The van der Waals surface area contributed by atoms with Crippen LogP contribution in [0.5, 0.6) is 0 Å². The minimum atomic E-state index is -0.0269. The zero-order valence-electron chi connectivity index (χ0n) is 13.0. The average Bonchev–Trinajstić information content (AvgIpc) is 3.26. The lowest BCUT2D eigenvalue weighted by Crippen LogP contribution is -2.29. The molecule has 3 aromatic rings. The van der Waals surface area contributed by atoms with E-state index in [0.29, 0.717) is 18.0 Å². The van der Waals surface area contributed by atoms with Gasteiger partial charge in [0.2, 0.25) is 0 Å². The summed E-state index contributed by atoms with van der Waals surface area (Å²) in [7, 11) is 0. The van der Waals surface area contributed by atoms with Gasteiger partial charge in [-0.3, -0.25) is 4.79 Å². The maximum Gasteiger partial charge on any atom is 0.278 e. The van der Waals surface area contributed by atoms with Crippen molar-refractivity contribution >= 4 is 22.9 Å². The van der Waals surface area contributed by atoms with Crippen molar-refractivity contribution in [3.8, 4) is 10.8 Å². The van der Waals surface area contributed by atoms with E-state index < -0.39 is 0 Å². The Morgan fingerprint density at radius 1 is 1.26 bits per heavy atom. The molecule has 5 heteroatoms. The van der Waals surface area contributed by atoms with Crippen LogP contribution in [0.3, 0.4) is 0 Å². The van der Waals surface area contributed by atoms with Crippen molar-refractivity contribution in [2.24, 2.45) is 0 Å². The van der Waals surface area contributed by atoms with E-state index in [0.717, 1.165) is 22.0 Å². The highest BCUT2D eigenvalue weighted by Crippen LogP contribution is 2.34. The molecule has 1 aromatic carbocycles. The first kappa shape index (κ1) is 14.2. The van der Waals surface area contributed by atoms with Crippen molar-refractivity contribution < 1.29 is 9.21 Å². The predicted molar refractivity (Wildman–Crippen MR) is 91.1 cm³/mol. The third-order valence-electron chi connectivity index (χ3n) is 4.24. The fourth-order valence-corrected chi connectivity index (χ4v) is 3.92. The van der Waals surface area contributed by atoms with Crippen LogP contribution in [0.2, 0.25) is 0 Å². The van der Waals surface area contributed by atoms with Crippen molar-refractivity contribution in [3.05, 3.63) is 58.3 Å². The molecular weight excluding hydrogens is 308 g/mol. The molecule has 3 heterocycles. The van der Waals surface area contributed by atoms with Crippen molar-refractivity contribution in [2.45, 2.75) is 20.3 Å². The summed E-state index contributed by atoms with van der Waals surface area (Å²) in [4.78, 5) is 20.3. The van der Waals surface area contributed by atoms with E-state index in [1.807, 2.05) is 36.1 Å². The first-order chi connectivity index (χ1) is 11.1. The Labute approximate surface area is 138 Å². The van der Waals surface area contributed by atoms with Crippen molar-refractivity contribution in [2.75, 3.05) is 11.4 Å². The molecule has 0 spiro atoms. The van der Waals surface area contributed by atoms with E-state index in [2.05, 4.69) is 18.0 Å². The number of rotatable bonds is 2. The van der Waals surface area contributed by atoms with E-state index in [1.165, 1.54) is 22.5 Å². The first-order valence-corrected chi connectivity index (χ1v) is 8.38. The standard InChI is InChI=1S/C18H16N2O2S/c1-11-5-3-6-14-13(11)8-9-20(14)18(21)16-12(2)23-17(19-16)15-7-4-10-22-15/h3-7,10H,8-9H2,1-2H3. The van der Waals surface area contributed by atoms with Crippen LogP contribution in [0, 0.1) is 13.8 Å². The Morgan fingerprint density at radius 2 is 2.13 bits per heavy atom. The van der Waals surface area contributed by atoms with Gasteiger partial charge in [0, 0.05) is 17.1 Å². The van der Waals surface area contributed by atoms with Gasteiger partial charge in [-0.2, -0.15) is 0 Å². The molecule has 0 unspecified atom stereocenters. The van der Waals surface area contributed by atoms with Gasteiger partial charge >= 0.3 is 0 Å². The number of fused-ring (bicyclic) bond motifs is 1. The van der Waals surface area contributed by atoms with Crippen LogP contribution in [-0.4, -0.2) is 17.4 Å². The molecule has 0 fully saturated rings. The van der Waals surface area contributed by atoms with E-state index in [4.69, 9.17) is 4.42 Å². The van der Waals surface area contributed by atoms with Gasteiger partial charge in [0.15, 0.2) is 10.8 Å². The van der Waals surface area contributed by atoms with E-state index in [1.54, 1.807) is 6.26 Å². The molecule has 1 amide bonds. The molecule has 4 nitrogen and oxygen atoms in total. The number of aryl methyl sites for hydroxylation is 2. The molecule has 0 saturated heterocycles. The quantitative estimate of drug-likeness (QED) is 0.709. The van der Waals surface area contributed by atoms with Gasteiger partial charge in [-0.15, -0.1) is 11.3 Å². The van der Waals surface area contributed by atoms with Gasteiger partial charge in [0.25, 0.3) is 5.91 Å². The van der Waals surface area contributed by atoms with Gasteiger partial charge in [0.05, 0.1) is 6.26 Å². The van der Waals surface area contributed by atoms with Crippen LogP contribution >= 0.6 is 11.3 Å². The highest BCUT2D eigenvalue weighted by molar-refractivity contribution is 7.15. The minimum Gasteiger partial charge on any atom is -0.462 e. The smallest absolute Gasteiger partial charge is 0.278 e. The Morgan fingerprint density at radius 3 is 2.91 bits per heavy atom. The van der Waals surface area contributed by atoms with E-state index >= 15 is 0 Å². The summed E-state index contributed by atoms with van der Waals surface area (Å²) >= 11 is 1.49. The third kappa shape index (κ3) is 2.28. The lowest BCUT2D eigenvalue weighted by atomic mass is 10.1. The Balaban J connectivity index is 1.71. The zero-order chi connectivity index (χ0) is 16.0. The molecule has 0 bridgehead atoms. The van der Waals surface area contributed by atoms with Crippen LogP contribution in [-0.2, 0) is 6.42 Å². The van der Waals surface area contributed by atoms with Crippen LogP contribution in [0.25, 0.3) is 10.8 Å². The number of nitrogens with zero attached hydrogens (tertiary/aromatic N) is 2. The maximum atomic E-state index is 13.0. The Kier molecular flexibility index (Phi) is 3.31. The number of thiazole rings is 1. The molecule has 116 valence electrons. The van der Waals surface area contributed by atoms with E-state index in [9.17, 15) is 4.79 Å². The molecule has 23 heavy (non-hydrogen) atoms. The zero-order valence-corrected chi connectivity index (χ0v) is 13.8. The second-order valence-corrected chi connectivity index (χ2v) is 6.88. The Hall–Kier alpha value is -2.40. The summed E-state index contributed by atoms with van der Waals surface area (Å²) in [5.74, 6) is 0.677. The number of hydrogen-bond donors (Lipinski definition) is 0. The Bertz CT molecular complexity index is 881. The average molecular weight is 324 g/mol. The van der Waals surface area contributed by atoms with Gasteiger partial charge in [-0.05, 0) is 49.6 Å². The minimum absolute atomic E-state index is 0.0269. The van der Waals surface area contributed by atoms with Crippen LogP contribution in [0.15, 0.2) is 41.0 Å². The largest absolute Gasteiger partial charge is 0.462 e. The molecule has 1 aliphatic rings. The summed E-state index contributed by atoms with van der Waals surface area (Å²) in [5, 5.41) is 0.750. The number of hydrogen-bond acceptors (Lipinski definition) is 4. The molecule has 0 radical (unpaired) electrons. The van der Waals surface area contributed by atoms with E-state index in [-0.39, 0.29) is 5.91 Å². The van der Waals surface area contributed by atoms with Gasteiger partial charge in [0.1, 0.15) is 5.69 Å². The summed E-state index contributed by atoms with van der Waals surface area (Å²) in [5.41, 5.74) is 4.04. The number of aromatic nitrogens is 1. The molecule has 0 saturated carbocycles. The predicted octanol–water partition coefficient (Wildman–Crippen LogP) is 4.22. The fourth-order valence-electron chi connectivity index (χ4n) is 3.05. The van der Waals surface area contributed by atoms with Crippen molar-refractivity contribution in [1.82, 2.24) is 4.98 Å².